The molecule has 0 bridgehead atoms. The van der Waals surface area contributed by atoms with E-state index in [0.717, 1.165) is 49.1 Å². The number of aromatic nitrogens is 2. The Bertz CT molecular complexity index is 1270. The van der Waals surface area contributed by atoms with Crippen LogP contribution >= 0.6 is 11.8 Å². The summed E-state index contributed by atoms with van der Waals surface area (Å²) in [6, 6.07) is 7.48. The normalized spacial score (nSPS) is 23.4. The van der Waals surface area contributed by atoms with Crippen molar-refractivity contribution in [2.45, 2.75) is 30.9 Å². The van der Waals surface area contributed by atoms with Gasteiger partial charge in [0.15, 0.2) is 11.5 Å². The van der Waals surface area contributed by atoms with Crippen molar-refractivity contribution in [2.75, 3.05) is 33.2 Å². The van der Waals surface area contributed by atoms with Crippen molar-refractivity contribution in [2.24, 2.45) is 0 Å². The van der Waals surface area contributed by atoms with Gasteiger partial charge in [-0.2, -0.15) is 0 Å². The zero-order chi connectivity index (χ0) is 23.4. The number of aromatic amines is 1. The van der Waals surface area contributed by atoms with Crippen molar-refractivity contribution in [3.63, 3.8) is 0 Å². The smallest absolute Gasteiger partial charge is 0.395 e. The number of pyridine rings is 1. The van der Waals surface area contributed by atoms with E-state index in [0.29, 0.717) is 17.3 Å². The molecule has 3 aromatic rings. The molecule has 2 aromatic heterocycles. The van der Waals surface area contributed by atoms with E-state index in [4.69, 9.17) is 4.74 Å². The molecule has 34 heavy (non-hydrogen) atoms. The second-order valence-electron chi connectivity index (χ2n) is 9.13. The number of piperazine rings is 1. The molecular formula is C25H26F2N4O2S. The number of nitrogens with one attached hydrogen (secondary N) is 1. The molecule has 1 fully saturated rings. The predicted molar refractivity (Wildman–Crippen MR) is 129 cm³/mol. The van der Waals surface area contributed by atoms with Gasteiger partial charge >= 0.3 is 6.29 Å². The number of benzene rings is 1. The number of H-pyrrole nitrogens is 1. The number of allylic oxidation sites excluding steroid dienone is 1. The lowest BCUT2D eigenvalue weighted by molar-refractivity contribution is -0.286. The number of nitrogens with zero attached hydrogens (tertiary/aromatic N) is 3. The van der Waals surface area contributed by atoms with Gasteiger partial charge in [-0.15, -0.1) is 20.5 Å². The summed E-state index contributed by atoms with van der Waals surface area (Å²) in [5.41, 5.74) is 3.17. The Morgan fingerprint density at radius 1 is 1.18 bits per heavy atom. The lowest BCUT2D eigenvalue weighted by atomic mass is 10.0. The van der Waals surface area contributed by atoms with E-state index in [-0.39, 0.29) is 16.7 Å². The number of fused-ring (bicyclic) bond motifs is 2. The average Bonchev–Trinajstić information content (AvgIpc) is 3.54. The summed E-state index contributed by atoms with van der Waals surface area (Å²) >= 11 is 1.91. The largest absolute Gasteiger partial charge is 0.586 e. The van der Waals surface area contributed by atoms with Crippen LogP contribution in [-0.2, 0) is 0 Å². The quantitative estimate of drug-likeness (QED) is 0.546. The van der Waals surface area contributed by atoms with Crippen molar-refractivity contribution in [1.82, 2.24) is 19.8 Å². The number of thioether (sulfide) groups is 1. The van der Waals surface area contributed by atoms with Crippen LogP contribution in [0.15, 0.2) is 47.6 Å². The fourth-order valence-corrected chi connectivity index (χ4v) is 6.27. The van der Waals surface area contributed by atoms with Gasteiger partial charge in [0.1, 0.15) is 5.65 Å². The summed E-state index contributed by atoms with van der Waals surface area (Å²) in [4.78, 5) is 14.1. The van der Waals surface area contributed by atoms with Crippen molar-refractivity contribution in [3.8, 4) is 22.6 Å². The van der Waals surface area contributed by atoms with Crippen LogP contribution in [0.25, 0.3) is 22.2 Å². The zero-order valence-corrected chi connectivity index (χ0v) is 19.9. The fourth-order valence-electron chi connectivity index (χ4n) is 4.95. The second kappa shape index (κ2) is 8.25. The number of rotatable bonds is 4. The maximum atomic E-state index is 13.7. The average molecular weight is 485 g/mol. The van der Waals surface area contributed by atoms with E-state index in [1.54, 1.807) is 18.3 Å². The maximum Gasteiger partial charge on any atom is 0.586 e. The van der Waals surface area contributed by atoms with Gasteiger partial charge in [0.25, 0.3) is 0 Å². The molecule has 0 amide bonds. The van der Waals surface area contributed by atoms with Crippen LogP contribution in [0.5, 0.6) is 11.5 Å². The Balaban J connectivity index is 1.25. The third kappa shape index (κ3) is 3.85. The highest BCUT2D eigenvalue weighted by Gasteiger charge is 2.44. The molecule has 9 heteroatoms. The third-order valence-electron chi connectivity index (χ3n) is 6.95. The van der Waals surface area contributed by atoms with Crippen LogP contribution in [-0.4, -0.2) is 65.3 Å². The summed E-state index contributed by atoms with van der Waals surface area (Å²) in [5, 5.41) is 1.17. The standard InChI is InChI=1S/C25H26F2N4O2S/c1-15(31-10-8-30(2)9-11-31)21-6-7-22(34-21)16-12-18-19(14-29-24(18)28-13-16)17-4-3-5-20-23(17)33-25(26,27)32-20/h3-6,12-15,22H,7-11H2,1-2H3,(H,28,29). The fraction of sp³-hybridized carbons (Fsp3) is 0.400. The first kappa shape index (κ1) is 21.9. The minimum absolute atomic E-state index is 0.0408. The van der Waals surface area contributed by atoms with Crippen molar-refractivity contribution in [3.05, 3.63) is 53.2 Å². The van der Waals surface area contributed by atoms with Crippen LogP contribution in [0.2, 0.25) is 0 Å². The summed E-state index contributed by atoms with van der Waals surface area (Å²) < 4.78 is 36.9. The van der Waals surface area contributed by atoms with E-state index in [9.17, 15) is 8.78 Å². The molecule has 3 aliphatic rings. The van der Waals surface area contributed by atoms with Crippen LogP contribution < -0.4 is 9.47 Å². The van der Waals surface area contributed by atoms with Gasteiger partial charge in [0.2, 0.25) is 0 Å². The number of ether oxygens (including phenoxy) is 2. The number of hydrogen-bond acceptors (Lipinski definition) is 6. The van der Waals surface area contributed by atoms with Crippen molar-refractivity contribution < 1.29 is 18.3 Å². The van der Waals surface area contributed by atoms with E-state index in [1.807, 2.05) is 18.0 Å². The molecule has 2 atom stereocenters. The highest BCUT2D eigenvalue weighted by atomic mass is 32.2. The summed E-state index contributed by atoms with van der Waals surface area (Å²) in [7, 11) is 2.18. The number of para-hydroxylation sites is 1. The molecule has 3 aliphatic heterocycles. The first-order valence-electron chi connectivity index (χ1n) is 11.5. The van der Waals surface area contributed by atoms with Crippen LogP contribution in [0.3, 0.4) is 0 Å². The number of halogens is 2. The highest BCUT2D eigenvalue weighted by Crippen LogP contribution is 2.49. The summed E-state index contributed by atoms with van der Waals surface area (Å²) in [5.74, 6) is 0.0954. The van der Waals surface area contributed by atoms with Gasteiger partial charge in [-0.25, -0.2) is 4.98 Å². The summed E-state index contributed by atoms with van der Waals surface area (Å²) in [6.07, 6.45) is 3.36. The Kier molecular flexibility index (Phi) is 5.31. The van der Waals surface area contributed by atoms with Crippen LogP contribution in [0, 0.1) is 0 Å². The van der Waals surface area contributed by atoms with Gasteiger partial charge < -0.3 is 19.4 Å². The van der Waals surface area contributed by atoms with E-state index in [2.05, 4.69) is 50.6 Å². The molecule has 2 unspecified atom stereocenters. The number of hydrogen-bond donors (Lipinski definition) is 1. The number of alkyl halides is 2. The molecule has 6 nitrogen and oxygen atoms in total. The van der Waals surface area contributed by atoms with Crippen LogP contribution in [0.1, 0.15) is 24.2 Å². The molecule has 0 saturated carbocycles. The van der Waals surface area contributed by atoms with Crippen molar-refractivity contribution >= 4 is 22.8 Å². The monoisotopic (exact) mass is 484 g/mol. The molecule has 0 spiro atoms. The first-order valence-corrected chi connectivity index (χ1v) is 12.4. The van der Waals surface area contributed by atoms with Gasteiger partial charge in [-0.3, -0.25) is 4.90 Å². The molecule has 1 saturated heterocycles. The molecule has 1 N–H and O–H groups in total. The van der Waals surface area contributed by atoms with Gasteiger partial charge in [-0.1, -0.05) is 18.2 Å². The lowest BCUT2D eigenvalue weighted by Gasteiger charge is -2.37. The molecule has 1 aromatic carbocycles. The lowest BCUT2D eigenvalue weighted by Crippen LogP contribution is -2.48. The third-order valence-corrected chi connectivity index (χ3v) is 8.48. The molecule has 178 valence electrons. The SMILES string of the molecule is CC(C1=CCC(c2cnc3[nH]cc(-c4cccc5c4OC(F)(F)O5)c3c2)S1)N1CCN(C)CC1. The molecule has 0 aliphatic carbocycles. The topological polar surface area (TPSA) is 53.6 Å². The molecule has 6 rings (SSSR count). The Morgan fingerprint density at radius 2 is 2.00 bits per heavy atom. The van der Waals surface area contributed by atoms with Gasteiger partial charge in [0.05, 0.1) is 0 Å². The Labute approximate surface area is 200 Å². The predicted octanol–water partition coefficient (Wildman–Crippen LogP) is 5.25. The molecule has 5 heterocycles. The Morgan fingerprint density at radius 3 is 2.82 bits per heavy atom. The van der Waals surface area contributed by atoms with Crippen molar-refractivity contribution in [1.29, 1.82) is 0 Å². The number of likely N-dealkylation sites (N-methyl/N-ethyl adjacent to an activating group) is 1. The minimum Gasteiger partial charge on any atom is -0.395 e. The summed E-state index contributed by atoms with van der Waals surface area (Å²) in [6.45, 7) is 6.68. The first-order chi connectivity index (χ1) is 16.4. The maximum absolute atomic E-state index is 13.7. The van der Waals surface area contributed by atoms with E-state index in [1.165, 1.54) is 11.0 Å². The molecule has 0 radical (unpaired) electrons. The molecular weight excluding hydrogens is 458 g/mol. The second-order valence-corrected chi connectivity index (χ2v) is 10.4. The van der Waals surface area contributed by atoms with Gasteiger partial charge in [-0.05, 0) is 43.0 Å². The minimum atomic E-state index is -3.66. The van der Waals surface area contributed by atoms with E-state index < -0.39 is 6.29 Å². The van der Waals surface area contributed by atoms with Gasteiger partial charge in [0, 0.05) is 66.4 Å². The highest BCUT2D eigenvalue weighted by molar-refractivity contribution is 8.03. The Hall–Kier alpha value is -2.62. The van der Waals surface area contributed by atoms with Crippen LogP contribution in [0.4, 0.5) is 8.78 Å². The van der Waals surface area contributed by atoms with E-state index >= 15 is 0 Å². The zero-order valence-electron chi connectivity index (χ0n) is 19.1.